The molecule has 4 aromatic rings. The summed E-state index contributed by atoms with van der Waals surface area (Å²) in [6.07, 6.45) is 0. The lowest BCUT2D eigenvalue weighted by atomic mass is 9.84. The van der Waals surface area contributed by atoms with Crippen molar-refractivity contribution >= 4 is 121 Å². The highest BCUT2D eigenvalue weighted by Crippen LogP contribution is 2.56. The molecule has 0 saturated carbocycles. The molecule has 5 rings (SSSR count). The van der Waals surface area contributed by atoms with E-state index in [0.717, 1.165) is 42.4 Å². The molecule has 0 aliphatic heterocycles. The molecule has 28 heavy (non-hydrogen) atoms. The van der Waals surface area contributed by atoms with Gasteiger partial charge in [0.15, 0.2) is 0 Å². The molecule has 0 spiro atoms. The molecule has 2 aromatic heterocycles. The van der Waals surface area contributed by atoms with Crippen molar-refractivity contribution in [1.29, 1.82) is 0 Å². The van der Waals surface area contributed by atoms with Crippen LogP contribution in [0.4, 0.5) is 0 Å². The summed E-state index contributed by atoms with van der Waals surface area (Å²) in [6, 6.07) is 6.33. The summed E-state index contributed by atoms with van der Waals surface area (Å²) in [5.74, 6) is 0. The second-order valence-corrected chi connectivity index (χ2v) is 26.3. The van der Waals surface area contributed by atoms with Gasteiger partial charge in [0.05, 0.1) is 0 Å². The molecule has 2 heterocycles. The van der Waals surface area contributed by atoms with Gasteiger partial charge >= 0.3 is 12.0 Å². The summed E-state index contributed by atoms with van der Waals surface area (Å²) < 4.78 is 2.30. The van der Waals surface area contributed by atoms with Crippen LogP contribution in [0.25, 0.3) is 20.2 Å². The first-order valence-electron chi connectivity index (χ1n) is 8.30. The molecule has 1 aliphatic carbocycles. The predicted octanol–water partition coefficient (Wildman–Crippen LogP) is 9.08. The van der Waals surface area contributed by atoms with E-state index in [4.69, 9.17) is 66.5 Å². The Balaban J connectivity index is 1.92. The first kappa shape index (κ1) is 20.4. The van der Waals surface area contributed by atoms with E-state index in [-0.39, 0.29) is 11.1 Å². The summed E-state index contributed by atoms with van der Waals surface area (Å²) >= 11 is 43.3. The van der Waals surface area contributed by atoms with Crippen LogP contribution in [0.5, 0.6) is 0 Å². The van der Waals surface area contributed by atoms with Crippen molar-refractivity contribution in [3.8, 4) is 0 Å². The molecule has 1 aliphatic rings. The largest absolute Gasteiger partial charge is 0.352 e. The minimum Gasteiger partial charge on any atom is -0.144 e. The van der Waals surface area contributed by atoms with E-state index in [0.29, 0.717) is 0 Å². The van der Waals surface area contributed by atoms with Crippen LogP contribution in [0, 0.1) is 0 Å². The summed E-state index contributed by atoms with van der Waals surface area (Å²) in [5, 5.41) is 6.37. The fraction of sp³-hybridized carbons (Fsp3) is 0.111. The zero-order valence-corrected chi connectivity index (χ0v) is 22.0. The minimum atomic E-state index is -3.17. The Morgan fingerprint density at radius 1 is 0.571 bits per heavy atom. The molecule has 0 fully saturated rings. The van der Waals surface area contributed by atoms with Crippen LogP contribution < -0.4 is 0 Å². The van der Waals surface area contributed by atoms with E-state index in [1.807, 2.05) is 0 Å². The molecule has 0 saturated heterocycles. The second kappa shape index (κ2) is 7.02. The Labute approximate surface area is 200 Å². The number of rotatable bonds is 2. The molecule has 144 valence electrons. The number of hydrogen-bond acceptors (Lipinski definition) is 2. The summed E-state index contributed by atoms with van der Waals surface area (Å²) in [7, 11) is 0. The lowest BCUT2D eigenvalue weighted by Gasteiger charge is -2.38. The quantitative estimate of drug-likeness (QED) is 0.170. The lowest BCUT2D eigenvalue weighted by molar-refractivity contribution is 0.948. The molecule has 2 aromatic carbocycles. The van der Waals surface area contributed by atoms with Gasteiger partial charge in [-0.15, -0.1) is 89.1 Å². The standard InChI is InChI=1S/C18H10Cl6S2Si2/c19-27(20,21)17-11-5-9-1-3-25-15(9)7-13(11)18(28(22,23)24)12-6-10-2-4-26-16(10)8-14(12)17/h1-8,17-18H. The van der Waals surface area contributed by atoms with Gasteiger partial charge in [-0.3, -0.25) is 0 Å². The lowest BCUT2D eigenvalue weighted by Crippen LogP contribution is -2.36. The third-order valence-corrected chi connectivity index (χ3v) is 13.5. The maximum atomic E-state index is 6.67. The average molecular weight is 559 g/mol. The van der Waals surface area contributed by atoms with Crippen molar-refractivity contribution in [3.05, 3.63) is 69.4 Å². The fourth-order valence-electron chi connectivity index (χ4n) is 4.13. The third kappa shape index (κ3) is 3.29. The van der Waals surface area contributed by atoms with Gasteiger partial charge in [-0.1, -0.05) is 0 Å². The van der Waals surface area contributed by atoms with Crippen molar-refractivity contribution in [2.75, 3.05) is 0 Å². The maximum Gasteiger partial charge on any atom is 0.352 e. The third-order valence-electron chi connectivity index (χ3n) is 5.21. The maximum absolute atomic E-state index is 6.67. The Bertz CT molecular complexity index is 1050. The number of halogens is 6. The van der Waals surface area contributed by atoms with Crippen LogP contribution in [-0.2, 0) is 0 Å². The molecule has 0 radical (unpaired) electrons. The normalized spacial score (nSPS) is 19.8. The summed E-state index contributed by atoms with van der Waals surface area (Å²) in [4.78, 5) is 0. The van der Waals surface area contributed by atoms with Crippen molar-refractivity contribution in [3.63, 3.8) is 0 Å². The molecule has 0 N–H and O–H groups in total. The van der Waals surface area contributed by atoms with Crippen molar-refractivity contribution < 1.29 is 0 Å². The predicted molar refractivity (Wildman–Crippen MR) is 134 cm³/mol. The Morgan fingerprint density at radius 3 is 1.29 bits per heavy atom. The molecule has 2 unspecified atom stereocenters. The topological polar surface area (TPSA) is 0 Å². The van der Waals surface area contributed by atoms with E-state index >= 15 is 0 Å². The van der Waals surface area contributed by atoms with Gasteiger partial charge in [0.2, 0.25) is 0 Å². The van der Waals surface area contributed by atoms with Crippen LogP contribution in [0.3, 0.4) is 0 Å². The highest BCUT2D eigenvalue weighted by molar-refractivity contribution is 7.66. The van der Waals surface area contributed by atoms with E-state index in [1.165, 1.54) is 0 Å². The second-order valence-electron chi connectivity index (χ2n) is 6.83. The molecule has 0 nitrogen and oxygen atoms in total. The Hall–Kier alpha value is 0.534. The van der Waals surface area contributed by atoms with Gasteiger partial charge < -0.3 is 0 Å². The van der Waals surface area contributed by atoms with Gasteiger partial charge in [0.1, 0.15) is 0 Å². The molecule has 0 amide bonds. The van der Waals surface area contributed by atoms with Crippen LogP contribution in [0.15, 0.2) is 47.2 Å². The zero-order valence-electron chi connectivity index (χ0n) is 13.9. The number of fused-ring (bicyclic) bond motifs is 4. The van der Waals surface area contributed by atoms with Crippen molar-refractivity contribution in [2.45, 2.75) is 11.1 Å². The summed E-state index contributed by atoms with van der Waals surface area (Å²) in [5.41, 5.74) is 3.38. The highest BCUT2D eigenvalue weighted by Gasteiger charge is 2.51. The average Bonchev–Trinajstić information content (AvgIpc) is 3.21. The van der Waals surface area contributed by atoms with E-state index < -0.39 is 12.0 Å². The zero-order chi connectivity index (χ0) is 19.8. The highest BCUT2D eigenvalue weighted by atomic mass is 35.8. The Kier molecular flexibility index (Phi) is 5.13. The van der Waals surface area contributed by atoms with Crippen LogP contribution in [0.2, 0.25) is 0 Å². The van der Waals surface area contributed by atoms with Gasteiger partial charge in [-0.2, -0.15) is 0 Å². The van der Waals surface area contributed by atoms with E-state index in [2.05, 4.69) is 47.2 Å². The van der Waals surface area contributed by atoms with E-state index in [9.17, 15) is 0 Å². The smallest absolute Gasteiger partial charge is 0.144 e. The summed E-state index contributed by atoms with van der Waals surface area (Å²) in [6.45, 7) is 0. The number of thiophene rings is 2. The molecule has 0 bridgehead atoms. The monoisotopic (exact) mass is 556 g/mol. The van der Waals surface area contributed by atoms with Crippen LogP contribution in [0.1, 0.15) is 33.3 Å². The molecule has 2 atom stereocenters. The van der Waals surface area contributed by atoms with Gasteiger partial charge in [0, 0.05) is 20.5 Å². The van der Waals surface area contributed by atoms with Gasteiger partial charge in [-0.05, 0) is 80.2 Å². The van der Waals surface area contributed by atoms with Gasteiger partial charge in [0.25, 0.3) is 0 Å². The molecular formula is C18H10Cl6S2Si2. The van der Waals surface area contributed by atoms with Crippen LogP contribution >= 0.6 is 89.1 Å². The first-order valence-corrected chi connectivity index (χ1v) is 20.3. The number of benzene rings is 2. The van der Waals surface area contributed by atoms with Crippen molar-refractivity contribution in [1.82, 2.24) is 0 Å². The molecule has 10 heteroatoms. The van der Waals surface area contributed by atoms with E-state index in [1.54, 1.807) is 22.7 Å². The van der Waals surface area contributed by atoms with Crippen molar-refractivity contribution in [2.24, 2.45) is 0 Å². The Morgan fingerprint density at radius 2 is 0.929 bits per heavy atom. The van der Waals surface area contributed by atoms with Gasteiger partial charge in [-0.25, -0.2) is 0 Å². The first-order chi connectivity index (χ1) is 13.1. The fourth-order valence-corrected chi connectivity index (χ4v) is 12.4. The van der Waals surface area contributed by atoms with Crippen LogP contribution in [-0.4, -0.2) is 12.0 Å². The molecular weight excluding hydrogens is 549 g/mol. The number of hydrogen-bond donors (Lipinski definition) is 0. The minimum absolute atomic E-state index is 0.295. The SMILES string of the molecule is Cl[Si](Cl)(Cl)C1c2cc3ccsc3cc2C([Si](Cl)(Cl)Cl)c2cc3ccsc3cc21.